The fraction of sp³-hybridized carbons (Fsp3) is 0.600. The van der Waals surface area contributed by atoms with Crippen molar-refractivity contribution in [3.63, 3.8) is 0 Å². The van der Waals surface area contributed by atoms with Gasteiger partial charge >= 0.3 is 0 Å². The second-order valence-electron chi connectivity index (χ2n) is 4.24. The van der Waals surface area contributed by atoms with E-state index >= 15 is 0 Å². The fourth-order valence-corrected chi connectivity index (χ4v) is 1.34. The van der Waals surface area contributed by atoms with E-state index in [1.807, 2.05) is 26.8 Å². The molecule has 1 rings (SSSR count). The van der Waals surface area contributed by atoms with E-state index in [1.54, 1.807) is 0 Å². The van der Waals surface area contributed by atoms with Crippen LogP contribution < -0.4 is 11.1 Å². The number of nitrogens with two attached hydrogens (primary N) is 1. The summed E-state index contributed by atoms with van der Waals surface area (Å²) in [4.78, 5) is 8.06. The van der Waals surface area contributed by atoms with Crippen molar-refractivity contribution in [2.75, 3.05) is 17.7 Å². The van der Waals surface area contributed by atoms with Gasteiger partial charge < -0.3 is 16.2 Å². The van der Waals surface area contributed by atoms with E-state index in [4.69, 9.17) is 10.8 Å². The molecule has 0 radical (unpaired) electrons. The maximum absolute atomic E-state index is 8.89. The van der Waals surface area contributed by atoms with Crippen LogP contribution in [-0.2, 0) is 0 Å². The molecule has 84 valence electrons. The highest BCUT2D eigenvalue weighted by Crippen LogP contribution is 2.17. The van der Waals surface area contributed by atoms with Crippen molar-refractivity contribution in [2.45, 2.75) is 32.7 Å². The van der Waals surface area contributed by atoms with E-state index in [2.05, 4.69) is 15.3 Å². The molecule has 0 aromatic carbocycles. The third-order valence-corrected chi connectivity index (χ3v) is 2.07. The Morgan fingerprint density at radius 3 is 2.67 bits per heavy atom. The number of nitrogens with zero attached hydrogens (tertiary/aromatic N) is 2. The fourth-order valence-electron chi connectivity index (χ4n) is 1.34. The van der Waals surface area contributed by atoms with Crippen LogP contribution in [0.4, 0.5) is 11.8 Å². The summed E-state index contributed by atoms with van der Waals surface area (Å²) in [7, 11) is 0. The van der Waals surface area contributed by atoms with E-state index in [9.17, 15) is 0 Å². The Balaban J connectivity index is 2.80. The molecule has 5 nitrogen and oxygen atoms in total. The highest BCUT2D eigenvalue weighted by molar-refractivity contribution is 5.42. The van der Waals surface area contributed by atoms with Gasteiger partial charge in [-0.25, -0.2) is 4.98 Å². The topological polar surface area (TPSA) is 84.1 Å². The van der Waals surface area contributed by atoms with Gasteiger partial charge in [-0.3, -0.25) is 0 Å². The van der Waals surface area contributed by atoms with Crippen LogP contribution in [0.1, 0.15) is 26.0 Å². The number of nitrogens with one attached hydrogen (secondary N) is 1. The number of aryl methyl sites for hydroxylation is 1. The number of rotatable bonds is 4. The highest BCUT2D eigenvalue weighted by atomic mass is 16.3. The number of aliphatic hydroxyl groups excluding tert-OH is 1. The number of hydrogen-bond donors (Lipinski definition) is 3. The van der Waals surface area contributed by atoms with Gasteiger partial charge in [0.15, 0.2) is 0 Å². The molecule has 0 aliphatic rings. The summed E-state index contributed by atoms with van der Waals surface area (Å²) in [6.45, 7) is 6.00. The summed E-state index contributed by atoms with van der Waals surface area (Å²) in [6, 6.07) is 1.83. The molecule has 0 amide bonds. The molecule has 0 bridgehead atoms. The van der Waals surface area contributed by atoms with E-state index in [0.717, 1.165) is 5.69 Å². The molecule has 15 heavy (non-hydrogen) atoms. The molecule has 0 fully saturated rings. The minimum atomic E-state index is -0.206. The summed E-state index contributed by atoms with van der Waals surface area (Å²) in [5.41, 5.74) is 6.16. The minimum absolute atomic E-state index is 0.138. The monoisotopic (exact) mass is 210 g/mol. The van der Waals surface area contributed by atoms with Crippen LogP contribution in [-0.4, -0.2) is 27.2 Å². The van der Waals surface area contributed by atoms with Crippen LogP contribution >= 0.6 is 0 Å². The lowest BCUT2D eigenvalue weighted by molar-refractivity contribution is 0.260. The predicted molar refractivity (Wildman–Crippen MR) is 60.6 cm³/mol. The summed E-state index contributed by atoms with van der Waals surface area (Å²) >= 11 is 0. The Hall–Kier alpha value is -1.36. The summed E-state index contributed by atoms with van der Waals surface area (Å²) in [6.07, 6.45) is 0.649. The Bertz CT molecular complexity index is 318. The Kier molecular flexibility index (Phi) is 3.47. The lowest BCUT2D eigenvalue weighted by atomic mass is 10.0. The van der Waals surface area contributed by atoms with Gasteiger partial charge in [-0.05, 0) is 27.2 Å². The minimum Gasteiger partial charge on any atom is -0.396 e. The Labute approximate surface area is 89.7 Å². The van der Waals surface area contributed by atoms with Crippen LogP contribution in [0, 0.1) is 6.92 Å². The molecule has 5 heteroatoms. The zero-order chi connectivity index (χ0) is 11.5. The van der Waals surface area contributed by atoms with Crippen molar-refractivity contribution < 1.29 is 5.11 Å². The second-order valence-corrected chi connectivity index (χ2v) is 4.24. The standard InChI is InChI=1S/C10H18N4O/c1-7-6-8(13-9(11)12-7)14-10(2,3)4-5-15/h6,15H,4-5H2,1-3H3,(H3,11,12,13,14). The largest absolute Gasteiger partial charge is 0.396 e. The lowest BCUT2D eigenvalue weighted by Crippen LogP contribution is -2.32. The van der Waals surface area contributed by atoms with Gasteiger partial charge in [-0.15, -0.1) is 0 Å². The first-order valence-corrected chi connectivity index (χ1v) is 4.93. The van der Waals surface area contributed by atoms with Crippen molar-refractivity contribution in [2.24, 2.45) is 0 Å². The third-order valence-electron chi connectivity index (χ3n) is 2.07. The molecule has 1 aromatic heterocycles. The van der Waals surface area contributed by atoms with E-state index in [-0.39, 0.29) is 18.1 Å². The average molecular weight is 210 g/mol. The van der Waals surface area contributed by atoms with Gasteiger partial charge in [0.25, 0.3) is 0 Å². The van der Waals surface area contributed by atoms with Gasteiger partial charge in [-0.1, -0.05) is 0 Å². The van der Waals surface area contributed by atoms with Crippen LogP contribution in [0.2, 0.25) is 0 Å². The lowest BCUT2D eigenvalue weighted by Gasteiger charge is -2.26. The van der Waals surface area contributed by atoms with E-state index in [0.29, 0.717) is 12.2 Å². The van der Waals surface area contributed by atoms with Crippen molar-refractivity contribution in [1.82, 2.24) is 9.97 Å². The number of anilines is 2. The summed E-state index contributed by atoms with van der Waals surface area (Å²) in [5.74, 6) is 0.954. The van der Waals surface area contributed by atoms with Crippen molar-refractivity contribution in [3.8, 4) is 0 Å². The van der Waals surface area contributed by atoms with Crippen molar-refractivity contribution in [1.29, 1.82) is 0 Å². The van der Waals surface area contributed by atoms with Crippen LogP contribution in [0.15, 0.2) is 6.07 Å². The van der Waals surface area contributed by atoms with Crippen LogP contribution in [0.25, 0.3) is 0 Å². The Morgan fingerprint density at radius 2 is 2.13 bits per heavy atom. The molecular weight excluding hydrogens is 192 g/mol. The zero-order valence-corrected chi connectivity index (χ0v) is 9.41. The van der Waals surface area contributed by atoms with E-state index < -0.39 is 0 Å². The maximum atomic E-state index is 8.89. The van der Waals surface area contributed by atoms with Crippen molar-refractivity contribution >= 4 is 11.8 Å². The van der Waals surface area contributed by atoms with Gasteiger partial charge in [0.1, 0.15) is 5.82 Å². The molecule has 0 aliphatic heterocycles. The van der Waals surface area contributed by atoms with E-state index in [1.165, 1.54) is 0 Å². The first-order valence-electron chi connectivity index (χ1n) is 4.93. The molecule has 0 atom stereocenters. The molecule has 0 unspecified atom stereocenters. The molecule has 0 saturated heterocycles. The van der Waals surface area contributed by atoms with Crippen molar-refractivity contribution in [3.05, 3.63) is 11.8 Å². The normalized spacial score (nSPS) is 11.5. The molecule has 4 N–H and O–H groups in total. The quantitative estimate of drug-likeness (QED) is 0.688. The van der Waals surface area contributed by atoms with Gasteiger partial charge in [-0.2, -0.15) is 4.98 Å². The number of nitrogen functional groups attached to an aromatic ring is 1. The Morgan fingerprint density at radius 1 is 1.47 bits per heavy atom. The smallest absolute Gasteiger partial charge is 0.222 e. The number of aliphatic hydroxyl groups is 1. The number of aromatic nitrogens is 2. The molecule has 1 aromatic rings. The number of hydrogen-bond acceptors (Lipinski definition) is 5. The molecular formula is C10H18N4O. The van der Waals surface area contributed by atoms with Gasteiger partial charge in [0, 0.05) is 23.9 Å². The highest BCUT2D eigenvalue weighted by Gasteiger charge is 2.17. The predicted octanol–water partition coefficient (Wildman–Crippen LogP) is 0.940. The molecule has 0 aliphatic carbocycles. The SMILES string of the molecule is Cc1cc(NC(C)(C)CCO)nc(N)n1. The van der Waals surface area contributed by atoms with Crippen LogP contribution in [0.5, 0.6) is 0 Å². The molecule has 1 heterocycles. The average Bonchev–Trinajstić information content (AvgIpc) is 1.99. The molecule has 0 saturated carbocycles. The zero-order valence-electron chi connectivity index (χ0n) is 9.41. The van der Waals surface area contributed by atoms with Crippen LogP contribution in [0.3, 0.4) is 0 Å². The first kappa shape index (κ1) is 11.7. The molecule has 0 spiro atoms. The third kappa shape index (κ3) is 3.71. The summed E-state index contributed by atoms with van der Waals surface area (Å²) in [5, 5.41) is 12.1. The summed E-state index contributed by atoms with van der Waals surface area (Å²) < 4.78 is 0. The van der Waals surface area contributed by atoms with Gasteiger partial charge in [0.05, 0.1) is 0 Å². The van der Waals surface area contributed by atoms with Gasteiger partial charge in [0.2, 0.25) is 5.95 Å². The first-order chi connectivity index (χ1) is 6.93. The maximum Gasteiger partial charge on any atom is 0.222 e. The second kappa shape index (κ2) is 4.44.